The number of carbonyl (C=O) groups excluding carboxylic acids is 1. The first kappa shape index (κ1) is 16.3. The summed E-state index contributed by atoms with van der Waals surface area (Å²) in [5.74, 6) is -0.103. The molecule has 20 heavy (non-hydrogen) atoms. The van der Waals surface area contributed by atoms with Crippen molar-refractivity contribution in [1.29, 1.82) is 0 Å². The van der Waals surface area contributed by atoms with Gasteiger partial charge >= 0.3 is 0 Å². The molecule has 0 heterocycles. The Morgan fingerprint density at radius 3 is 2.65 bits per heavy atom. The fourth-order valence-electron chi connectivity index (χ4n) is 2.13. The van der Waals surface area contributed by atoms with Gasteiger partial charge < -0.3 is 21.3 Å². The number of hydrogen-bond acceptors (Lipinski definition) is 4. The molecule has 5 nitrogen and oxygen atoms in total. The normalized spacial score (nSPS) is 10.6. The third kappa shape index (κ3) is 4.74. The van der Waals surface area contributed by atoms with Gasteiger partial charge in [-0.25, -0.2) is 0 Å². The zero-order valence-electron chi connectivity index (χ0n) is 12.7. The van der Waals surface area contributed by atoms with Crippen LogP contribution in [0.3, 0.4) is 0 Å². The lowest BCUT2D eigenvalue weighted by Crippen LogP contribution is -2.30. The van der Waals surface area contributed by atoms with Crippen molar-refractivity contribution in [2.45, 2.75) is 20.3 Å². The van der Waals surface area contributed by atoms with E-state index in [1.807, 2.05) is 0 Å². The molecule has 0 aliphatic carbocycles. The summed E-state index contributed by atoms with van der Waals surface area (Å²) in [4.78, 5) is 14.2. The van der Waals surface area contributed by atoms with Crippen LogP contribution in [0.25, 0.3) is 0 Å². The molecular formula is C15H26N4O. The number of nitrogens with two attached hydrogens (primary N) is 1. The Morgan fingerprint density at radius 1 is 1.30 bits per heavy atom. The summed E-state index contributed by atoms with van der Waals surface area (Å²) in [5, 5.41) is 5.95. The topological polar surface area (TPSA) is 70.4 Å². The molecule has 1 rings (SSSR count). The van der Waals surface area contributed by atoms with Crippen LogP contribution < -0.4 is 16.4 Å². The predicted octanol–water partition coefficient (Wildman–Crippen LogP) is 1.77. The summed E-state index contributed by atoms with van der Waals surface area (Å²) >= 11 is 0. The van der Waals surface area contributed by atoms with Crippen molar-refractivity contribution < 1.29 is 4.79 Å². The van der Waals surface area contributed by atoms with E-state index in [0.29, 0.717) is 11.3 Å². The molecule has 0 aliphatic rings. The van der Waals surface area contributed by atoms with E-state index in [1.165, 1.54) is 0 Å². The molecule has 1 aromatic carbocycles. The Kier molecular flexibility index (Phi) is 6.87. The summed E-state index contributed by atoms with van der Waals surface area (Å²) in [6, 6.07) is 5.30. The van der Waals surface area contributed by atoms with Crippen molar-refractivity contribution in [3.8, 4) is 0 Å². The molecule has 0 saturated heterocycles. The number of anilines is 2. The number of amides is 1. The lowest BCUT2D eigenvalue weighted by Gasteiger charge is -2.20. The van der Waals surface area contributed by atoms with Crippen molar-refractivity contribution in [3.63, 3.8) is 0 Å². The molecular weight excluding hydrogens is 252 g/mol. The van der Waals surface area contributed by atoms with Crippen molar-refractivity contribution in [2.24, 2.45) is 0 Å². The molecule has 0 saturated carbocycles. The van der Waals surface area contributed by atoms with Gasteiger partial charge in [0.2, 0.25) is 0 Å². The van der Waals surface area contributed by atoms with Gasteiger partial charge in [-0.1, -0.05) is 13.8 Å². The first-order chi connectivity index (χ1) is 9.62. The van der Waals surface area contributed by atoms with Gasteiger partial charge in [-0.05, 0) is 37.7 Å². The third-order valence-corrected chi connectivity index (χ3v) is 3.25. The monoisotopic (exact) mass is 278 g/mol. The highest BCUT2D eigenvalue weighted by Gasteiger charge is 2.10. The van der Waals surface area contributed by atoms with Crippen molar-refractivity contribution in [3.05, 3.63) is 23.8 Å². The average Bonchev–Trinajstić information content (AvgIpc) is 2.45. The van der Waals surface area contributed by atoms with Crippen molar-refractivity contribution in [1.82, 2.24) is 10.2 Å². The van der Waals surface area contributed by atoms with E-state index >= 15 is 0 Å². The largest absolute Gasteiger partial charge is 0.399 e. The van der Waals surface area contributed by atoms with Crippen LogP contribution in [0.2, 0.25) is 0 Å². The number of carbonyl (C=O) groups is 1. The van der Waals surface area contributed by atoms with Gasteiger partial charge in [0, 0.05) is 31.5 Å². The van der Waals surface area contributed by atoms with Crippen LogP contribution in [0.5, 0.6) is 0 Å². The Labute approximate surface area is 121 Å². The van der Waals surface area contributed by atoms with E-state index in [1.54, 1.807) is 25.2 Å². The second kappa shape index (κ2) is 8.43. The zero-order valence-corrected chi connectivity index (χ0v) is 12.7. The number of nitrogen functional groups attached to an aromatic ring is 1. The fraction of sp³-hybridized carbons (Fsp3) is 0.533. The van der Waals surface area contributed by atoms with Crippen molar-refractivity contribution >= 4 is 17.3 Å². The Hall–Kier alpha value is -1.75. The van der Waals surface area contributed by atoms with E-state index < -0.39 is 0 Å². The smallest absolute Gasteiger partial charge is 0.253 e. The molecule has 0 atom stereocenters. The molecule has 0 aliphatic heterocycles. The Morgan fingerprint density at radius 2 is 2.05 bits per heavy atom. The molecule has 112 valence electrons. The molecule has 1 amide bonds. The van der Waals surface area contributed by atoms with Gasteiger partial charge in [0.15, 0.2) is 0 Å². The molecule has 0 aromatic heterocycles. The second-order valence-corrected chi connectivity index (χ2v) is 4.75. The number of rotatable bonds is 8. The molecule has 4 N–H and O–H groups in total. The molecule has 0 fully saturated rings. The molecule has 0 spiro atoms. The van der Waals surface area contributed by atoms with Crippen LogP contribution >= 0.6 is 0 Å². The van der Waals surface area contributed by atoms with Gasteiger partial charge in [-0.3, -0.25) is 4.79 Å². The molecule has 0 radical (unpaired) electrons. The zero-order chi connectivity index (χ0) is 15.0. The average molecular weight is 278 g/mol. The van der Waals surface area contributed by atoms with Gasteiger partial charge in [0.25, 0.3) is 5.91 Å². The van der Waals surface area contributed by atoms with Crippen LogP contribution in [0.15, 0.2) is 18.2 Å². The van der Waals surface area contributed by atoms with E-state index in [9.17, 15) is 4.79 Å². The highest BCUT2D eigenvalue weighted by molar-refractivity contribution is 6.00. The Bertz CT molecular complexity index is 434. The number of hydrogen-bond donors (Lipinski definition) is 3. The number of benzene rings is 1. The van der Waals surface area contributed by atoms with E-state index in [4.69, 9.17) is 5.73 Å². The minimum absolute atomic E-state index is 0.103. The first-order valence-corrected chi connectivity index (χ1v) is 7.20. The second-order valence-electron chi connectivity index (χ2n) is 4.75. The summed E-state index contributed by atoms with van der Waals surface area (Å²) in [6.07, 6.45) is 1.15. The van der Waals surface area contributed by atoms with Crippen LogP contribution in [0.4, 0.5) is 11.4 Å². The molecule has 0 unspecified atom stereocenters. The summed E-state index contributed by atoms with van der Waals surface area (Å²) < 4.78 is 0. The minimum atomic E-state index is -0.103. The van der Waals surface area contributed by atoms with E-state index in [0.717, 1.165) is 38.3 Å². The molecule has 5 heteroatoms. The summed E-state index contributed by atoms with van der Waals surface area (Å²) in [5.41, 5.74) is 7.86. The van der Waals surface area contributed by atoms with Gasteiger partial charge in [0.1, 0.15) is 0 Å². The first-order valence-electron chi connectivity index (χ1n) is 7.20. The fourth-order valence-corrected chi connectivity index (χ4v) is 2.13. The maximum absolute atomic E-state index is 11.8. The standard InChI is InChI=1S/C15H26N4O/c1-4-9-19(5-2)10-8-18-14-11-12(16)6-7-13(14)15(20)17-3/h6-7,11,18H,4-5,8-10,16H2,1-3H3,(H,17,20). The lowest BCUT2D eigenvalue weighted by molar-refractivity contribution is 0.0964. The quantitative estimate of drug-likeness (QED) is 0.634. The maximum Gasteiger partial charge on any atom is 0.253 e. The van der Waals surface area contributed by atoms with E-state index in [-0.39, 0.29) is 5.91 Å². The molecule has 1 aromatic rings. The highest BCUT2D eigenvalue weighted by Crippen LogP contribution is 2.19. The van der Waals surface area contributed by atoms with Crippen LogP contribution in [-0.2, 0) is 0 Å². The van der Waals surface area contributed by atoms with Crippen LogP contribution in [0.1, 0.15) is 30.6 Å². The van der Waals surface area contributed by atoms with Gasteiger partial charge in [0.05, 0.1) is 5.56 Å². The SMILES string of the molecule is CCCN(CC)CCNc1cc(N)ccc1C(=O)NC. The van der Waals surface area contributed by atoms with Crippen LogP contribution in [-0.4, -0.2) is 44.0 Å². The van der Waals surface area contributed by atoms with E-state index in [2.05, 4.69) is 29.4 Å². The van der Waals surface area contributed by atoms with Crippen LogP contribution in [0, 0.1) is 0 Å². The highest BCUT2D eigenvalue weighted by atomic mass is 16.1. The number of nitrogens with one attached hydrogen (secondary N) is 2. The summed E-state index contributed by atoms with van der Waals surface area (Å²) in [6.45, 7) is 8.21. The summed E-state index contributed by atoms with van der Waals surface area (Å²) in [7, 11) is 1.63. The number of likely N-dealkylation sites (N-methyl/N-ethyl adjacent to an activating group) is 1. The maximum atomic E-state index is 11.8. The third-order valence-electron chi connectivity index (χ3n) is 3.25. The van der Waals surface area contributed by atoms with Gasteiger partial charge in [-0.15, -0.1) is 0 Å². The minimum Gasteiger partial charge on any atom is -0.399 e. The Balaban J connectivity index is 2.66. The number of nitrogens with zero attached hydrogens (tertiary/aromatic N) is 1. The predicted molar refractivity (Wildman–Crippen MR) is 85.1 cm³/mol. The van der Waals surface area contributed by atoms with Gasteiger partial charge in [-0.2, -0.15) is 0 Å². The lowest BCUT2D eigenvalue weighted by atomic mass is 10.1. The van der Waals surface area contributed by atoms with Crippen molar-refractivity contribution in [2.75, 3.05) is 44.3 Å². The molecule has 0 bridgehead atoms.